The van der Waals surface area contributed by atoms with Crippen LogP contribution >= 0.6 is 11.3 Å². The predicted octanol–water partition coefficient (Wildman–Crippen LogP) is 4.80. The minimum Gasteiger partial charge on any atom is -0.493 e. The number of amides is 1. The van der Waals surface area contributed by atoms with Crippen LogP contribution in [-0.2, 0) is 17.5 Å². The molecule has 0 spiro atoms. The molecule has 35 heavy (non-hydrogen) atoms. The molecule has 2 aromatic heterocycles. The Morgan fingerprint density at radius 1 is 1.17 bits per heavy atom. The lowest BCUT2D eigenvalue weighted by Gasteiger charge is -2.22. The van der Waals surface area contributed by atoms with Crippen molar-refractivity contribution in [2.75, 3.05) is 19.8 Å². The molecule has 1 aliphatic rings. The molecule has 0 bridgehead atoms. The average Bonchev–Trinajstić information content (AvgIpc) is 3.28. The molecule has 0 unspecified atom stereocenters. The monoisotopic (exact) mass is 510 g/mol. The van der Waals surface area contributed by atoms with E-state index in [4.69, 9.17) is 9.47 Å². The number of hydrogen-bond donors (Lipinski definition) is 1. The number of alkyl halides is 3. The first-order valence-electron chi connectivity index (χ1n) is 10.8. The van der Waals surface area contributed by atoms with Gasteiger partial charge < -0.3 is 14.8 Å². The van der Waals surface area contributed by atoms with E-state index >= 15 is 4.39 Å². The number of aromatic nitrogens is 3. The van der Waals surface area contributed by atoms with Crippen molar-refractivity contribution in [3.8, 4) is 16.3 Å². The van der Waals surface area contributed by atoms with Gasteiger partial charge in [-0.15, -0.1) is 11.3 Å². The lowest BCUT2D eigenvalue weighted by atomic mass is 10.0. The van der Waals surface area contributed by atoms with E-state index in [1.165, 1.54) is 23.5 Å². The first-order valence-corrected chi connectivity index (χ1v) is 11.7. The number of aryl methyl sites for hydroxylation is 1. The van der Waals surface area contributed by atoms with Gasteiger partial charge in [0.2, 0.25) is 5.82 Å². The Kier molecular flexibility index (Phi) is 7.60. The summed E-state index contributed by atoms with van der Waals surface area (Å²) in [6.07, 6.45) is 0.567. The van der Waals surface area contributed by atoms with Crippen LogP contribution in [-0.4, -0.2) is 40.7 Å². The van der Waals surface area contributed by atoms with Crippen LogP contribution in [0.2, 0.25) is 0 Å². The molecule has 12 heteroatoms. The lowest BCUT2D eigenvalue weighted by molar-refractivity contribution is -0.145. The third-order valence-corrected chi connectivity index (χ3v) is 6.33. The van der Waals surface area contributed by atoms with Crippen molar-refractivity contribution in [3.05, 3.63) is 58.4 Å². The maximum atomic E-state index is 15.4. The number of carbonyl (C=O) groups excluding carboxylic acids is 1. The number of ether oxygens (including phenoxy) is 2. The summed E-state index contributed by atoms with van der Waals surface area (Å²) in [5.74, 6) is -2.19. The molecule has 1 amide bonds. The normalized spacial score (nSPS) is 14.7. The number of halogens is 4. The van der Waals surface area contributed by atoms with Crippen molar-refractivity contribution in [2.24, 2.45) is 5.92 Å². The molecule has 1 aliphatic heterocycles. The number of rotatable bonds is 7. The van der Waals surface area contributed by atoms with Gasteiger partial charge in [0.25, 0.3) is 5.91 Å². The Bertz CT molecular complexity index is 1180. The van der Waals surface area contributed by atoms with Gasteiger partial charge in [-0.05, 0) is 37.8 Å². The lowest BCUT2D eigenvalue weighted by Crippen LogP contribution is -2.25. The van der Waals surface area contributed by atoms with E-state index in [0.717, 1.165) is 30.1 Å². The average molecular weight is 511 g/mol. The molecule has 1 fully saturated rings. The van der Waals surface area contributed by atoms with Crippen LogP contribution in [0.15, 0.2) is 30.7 Å². The van der Waals surface area contributed by atoms with Crippen molar-refractivity contribution in [1.29, 1.82) is 0 Å². The standard InChI is InChI=1S/C23H22F4N4O3S/c1-13-8-29-21(35-13)18-7-16(34-12-14-2-4-33-5-3-14)6-17(19(18)24)20(32)28-9-15-10-30-22(31-11-15)23(25,26)27/h6-8,10-11,14H,2-5,9,12H2,1H3,(H,28,32). The Morgan fingerprint density at radius 3 is 2.51 bits per heavy atom. The van der Waals surface area contributed by atoms with Crippen molar-refractivity contribution in [2.45, 2.75) is 32.5 Å². The van der Waals surface area contributed by atoms with Crippen molar-refractivity contribution in [1.82, 2.24) is 20.3 Å². The molecule has 4 rings (SSSR count). The van der Waals surface area contributed by atoms with Crippen LogP contribution in [0.25, 0.3) is 10.6 Å². The van der Waals surface area contributed by atoms with Gasteiger partial charge in [-0.25, -0.2) is 19.3 Å². The number of benzene rings is 1. The molecule has 0 radical (unpaired) electrons. The number of nitrogens with zero attached hydrogens (tertiary/aromatic N) is 3. The fourth-order valence-electron chi connectivity index (χ4n) is 3.48. The summed E-state index contributed by atoms with van der Waals surface area (Å²) in [7, 11) is 0. The summed E-state index contributed by atoms with van der Waals surface area (Å²) in [5.41, 5.74) is 0.107. The molecule has 0 aliphatic carbocycles. The van der Waals surface area contributed by atoms with Gasteiger partial charge >= 0.3 is 6.18 Å². The zero-order valence-corrected chi connectivity index (χ0v) is 19.5. The van der Waals surface area contributed by atoms with Gasteiger partial charge in [-0.2, -0.15) is 13.2 Å². The van der Waals surface area contributed by atoms with E-state index in [2.05, 4.69) is 20.3 Å². The van der Waals surface area contributed by atoms with Gasteiger partial charge in [-0.1, -0.05) is 0 Å². The molecular weight excluding hydrogens is 488 g/mol. The number of hydrogen-bond acceptors (Lipinski definition) is 7. The minimum absolute atomic E-state index is 0.135. The molecule has 1 N–H and O–H groups in total. The largest absolute Gasteiger partial charge is 0.493 e. The first-order chi connectivity index (χ1) is 16.7. The third kappa shape index (κ3) is 6.31. The quantitative estimate of drug-likeness (QED) is 0.460. The topological polar surface area (TPSA) is 86.2 Å². The Morgan fingerprint density at radius 2 is 1.89 bits per heavy atom. The maximum absolute atomic E-state index is 15.4. The number of thiazole rings is 1. The van der Waals surface area contributed by atoms with E-state index in [-0.39, 0.29) is 29.2 Å². The van der Waals surface area contributed by atoms with Crippen LogP contribution in [0, 0.1) is 18.7 Å². The van der Waals surface area contributed by atoms with E-state index in [1.54, 1.807) is 6.20 Å². The fraction of sp³-hybridized carbons (Fsp3) is 0.391. The van der Waals surface area contributed by atoms with Crippen LogP contribution in [0.1, 0.15) is 39.5 Å². The van der Waals surface area contributed by atoms with Crippen molar-refractivity contribution < 1.29 is 31.8 Å². The van der Waals surface area contributed by atoms with Crippen LogP contribution in [0.3, 0.4) is 0 Å². The Balaban J connectivity index is 1.54. The Hall–Kier alpha value is -3.12. The van der Waals surface area contributed by atoms with E-state index in [9.17, 15) is 18.0 Å². The summed E-state index contributed by atoms with van der Waals surface area (Å²) >= 11 is 1.28. The second kappa shape index (κ2) is 10.6. The molecule has 0 atom stereocenters. The highest BCUT2D eigenvalue weighted by atomic mass is 32.1. The van der Waals surface area contributed by atoms with E-state index in [0.29, 0.717) is 30.6 Å². The van der Waals surface area contributed by atoms with Crippen LogP contribution in [0.5, 0.6) is 5.75 Å². The second-order valence-corrected chi connectivity index (χ2v) is 9.31. The van der Waals surface area contributed by atoms with Crippen LogP contribution in [0.4, 0.5) is 17.6 Å². The third-order valence-electron chi connectivity index (χ3n) is 5.38. The smallest absolute Gasteiger partial charge is 0.451 e. The highest BCUT2D eigenvalue weighted by molar-refractivity contribution is 7.14. The van der Waals surface area contributed by atoms with Crippen molar-refractivity contribution >= 4 is 17.2 Å². The number of carbonyl (C=O) groups is 1. The first kappa shape index (κ1) is 25.0. The summed E-state index contributed by atoms with van der Waals surface area (Å²) in [6, 6.07) is 2.84. The summed E-state index contributed by atoms with van der Waals surface area (Å²) in [5, 5.41) is 2.91. The molecule has 7 nitrogen and oxygen atoms in total. The molecule has 3 heterocycles. The van der Waals surface area contributed by atoms with Gasteiger partial charge in [-0.3, -0.25) is 4.79 Å². The highest BCUT2D eigenvalue weighted by Gasteiger charge is 2.34. The van der Waals surface area contributed by atoms with E-state index < -0.39 is 23.7 Å². The molecule has 1 saturated heterocycles. The zero-order chi connectivity index (χ0) is 25.0. The van der Waals surface area contributed by atoms with Gasteiger partial charge in [0.15, 0.2) is 0 Å². The summed E-state index contributed by atoms with van der Waals surface area (Å²) in [6.45, 7) is 3.36. The van der Waals surface area contributed by atoms with Crippen LogP contribution < -0.4 is 10.1 Å². The summed E-state index contributed by atoms with van der Waals surface area (Å²) in [4.78, 5) is 24.5. The summed E-state index contributed by atoms with van der Waals surface area (Å²) < 4.78 is 64.6. The fourth-order valence-corrected chi connectivity index (χ4v) is 4.25. The molecular formula is C23H22F4N4O3S. The molecule has 186 valence electrons. The predicted molar refractivity (Wildman–Crippen MR) is 119 cm³/mol. The van der Waals surface area contributed by atoms with Gasteiger partial charge in [0.1, 0.15) is 16.6 Å². The molecule has 3 aromatic rings. The van der Waals surface area contributed by atoms with E-state index in [1.807, 2.05) is 6.92 Å². The van der Waals surface area contributed by atoms with Crippen molar-refractivity contribution in [3.63, 3.8) is 0 Å². The van der Waals surface area contributed by atoms with Gasteiger partial charge in [0.05, 0.1) is 17.7 Å². The minimum atomic E-state index is -4.67. The maximum Gasteiger partial charge on any atom is 0.451 e. The molecule has 0 saturated carbocycles. The van der Waals surface area contributed by atoms with Gasteiger partial charge in [0, 0.05) is 48.8 Å². The zero-order valence-electron chi connectivity index (χ0n) is 18.7. The number of nitrogens with one attached hydrogen (secondary N) is 1. The highest BCUT2D eigenvalue weighted by Crippen LogP contribution is 2.33. The second-order valence-electron chi connectivity index (χ2n) is 8.07. The molecule has 1 aromatic carbocycles. The Labute approximate surface area is 202 Å². The SMILES string of the molecule is Cc1cnc(-c2cc(OCC3CCOCC3)cc(C(=O)NCc3cnc(C(F)(F)F)nc3)c2F)s1.